The molecule has 1 N–H and O–H groups in total. The molecule has 1 aromatic carbocycles. The highest BCUT2D eigenvalue weighted by Gasteiger charge is 2.22. The van der Waals surface area contributed by atoms with E-state index in [2.05, 4.69) is 43.1 Å². The van der Waals surface area contributed by atoms with Crippen molar-refractivity contribution in [2.24, 2.45) is 0 Å². The lowest BCUT2D eigenvalue weighted by Crippen LogP contribution is -2.29. The number of rotatable bonds is 4. The van der Waals surface area contributed by atoms with Crippen molar-refractivity contribution in [2.45, 2.75) is 52.2 Å². The van der Waals surface area contributed by atoms with Crippen molar-refractivity contribution in [3.63, 3.8) is 0 Å². The van der Waals surface area contributed by atoms with Gasteiger partial charge in [-0.2, -0.15) is 0 Å². The summed E-state index contributed by atoms with van der Waals surface area (Å²) in [4.78, 5) is 2.49. The molecule has 0 aliphatic carbocycles. The Morgan fingerprint density at radius 1 is 1.44 bits per heavy atom. The molecular weight excluding hydrogens is 244 g/mol. The van der Waals surface area contributed by atoms with Crippen LogP contribution in [0.15, 0.2) is 18.2 Å². The van der Waals surface area contributed by atoms with E-state index in [0.29, 0.717) is 12.1 Å². The SMILES string of the molecule is CC(C)NCc1ccc(Cl)cc1N1CCCC1C. The first-order chi connectivity index (χ1) is 8.58. The molecule has 0 aromatic heterocycles. The fourth-order valence-corrected chi connectivity index (χ4v) is 2.73. The Kier molecular flexibility index (Phi) is 4.52. The fourth-order valence-electron chi connectivity index (χ4n) is 2.56. The van der Waals surface area contributed by atoms with E-state index in [1.165, 1.54) is 24.1 Å². The van der Waals surface area contributed by atoms with Gasteiger partial charge in [-0.1, -0.05) is 31.5 Å². The van der Waals surface area contributed by atoms with Gasteiger partial charge in [-0.15, -0.1) is 0 Å². The molecular formula is C15H23ClN2. The first-order valence-electron chi connectivity index (χ1n) is 6.86. The predicted molar refractivity (Wildman–Crippen MR) is 79.5 cm³/mol. The monoisotopic (exact) mass is 266 g/mol. The van der Waals surface area contributed by atoms with Crippen LogP contribution in [0.25, 0.3) is 0 Å². The molecule has 0 bridgehead atoms. The number of nitrogens with one attached hydrogen (secondary N) is 1. The molecule has 3 heteroatoms. The lowest BCUT2D eigenvalue weighted by Gasteiger charge is -2.27. The van der Waals surface area contributed by atoms with Gasteiger partial charge >= 0.3 is 0 Å². The summed E-state index contributed by atoms with van der Waals surface area (Å²) in [6, 6.07) is 7.38. The van der Waals surface area contributed by atoms with Crippen molar-refractivity contribution in [2.75, 3.05) is 11.4 Å². The van der Waals surface area contributed by atoms with Crippen molar-refractivity contribution in [3.05, 3.63) is 28.8 Å². The van der Waals surface area contributed by atoms with Crippen LogP contribution in [0.1, 0.15) is 39.2 Å². The van der Waals surface area contributed by atoms with Gasteiger partial charge in [0.05, 0.1) is 0 Å². The summed E-state index contributed by atoms with van der Waals surface area (Å²) in [5.41, 5.74) is 2.66. The van der Waals surface area contributed by atoms with Gasteiger partial charge in [-0.25, -0.2) is 0 Å². The molecule has 1 heterocycles. The van der Waals surface area contributed by atoms with Gasteiger partial charge < -0.3 is 10.2 Å². The maximum atomic E-state index is 6.16. The van der Waals surface area contributed by atoms with E-state index in [1.54, 1.807) is 0 Å². The minimum atomic E-state index is 0.504. The lowest BCUT2D eigenvalue weighted by molar-refractivity contribution is 0.587. The standard InChI is InChI=1S/C15H23ClN2/c1-11(2)17-10-13-6-7-14(16)9-15(13)18-8-4-5-12(18)3/h6-7,9,11-12,17H,4-5,8,10H2,1-3H3. The number of hydrogen-bond acceptors (Lipinski definition) is 2. The van der Waals surface area contributed by atoms with E-state index in [0.717, 1.165) is 18.1 Å². The molecule has 2 nitrogen and oxygen atoms in total. The minimum Gasteiger partial charge on any atom is -0.369 e. The summed E-state index contributed by atoms with van der Waals surface area (Å²) in [5, 5.41) is 4.32. The highest BCUT2D eigenvalue weighted by atomic mass is 35.5. The Morgan fingerprint density at radius 3 is 2.83 bits per heavy atom. The Hall–Kier alpha value is -0.730. The number of nitrogens with zero attached hydrogens (tertiary/aromatic N) is 1. The summed E-state index contributed by atoms with van der Waals surface area (Å²) in [6.45, 7) is 8.71. The molecule has 2 rings (SSSR count). The van der Waals surface area contributed by atoms with Crippen LogP contribution in [0, 0.1) is 0 Å². The van der Waals surface area contributed by atoms with E-state index < -0.39 is 0 Å². The molecule has 1 saturated heterocycles. The first-order valence-corrected chi connectivity index (χ1v) is 7.24. The third-order valence-electron chi connectivity index (χ3n) is 3.61. The zero-order valence-corrected chi connectivity index (χ0v) is 12.3. The number of benzene rings is 1. The van der Waals surface area contributed by atoms with Gasteiger partial charge in [0.25, 0.3) is 0 Å². The molecule has 1 aromatic rings. The Morgan fingerprint density at radius 2 is 2.22 bits per heavy atom. The predicted octanol–water partition coefficient (Wildman–Crippen LogP) is 3.83. The maximum absolute atomic E-state index is 6.16. The van der Waals surface area contributed by atoms with Gasteiger partial charge in [0.2, 0.25) is 0 Å². The van der Waals surface area contributed by atoms with Crippen molar-refractivity contribution in [1.29, 1.82) is 0 Å². The number of anilines is 1. The van der Waals surface area contributed by atoms with Crippen LogP contribution in [0.4, 0.5) is 5.69 Å². The van der Waals surface area contributed by atoms with Crippen LogP contribution in [-0.2, 0) is 6.54 Å². The van der Waals surface area contributed by atoms with Crippen LogP contribution in [-0.4, -0.2) is 18.6 Å². The molecule has 0 amide bonds. The quantitative estimate of drug-likeness (QED) is 0.891. The van der Waals surface area contributed by atoms with Crippen LogP contribution in [0.3, 0.4) is 0 Å². The normalized spacial score (nSPS) is 19.8. The van der Waals surface area contributed by atoms with Crippen LogP contribution in [0.5, 0.6) is 0 Å². The zero-order valence-electron chi connectivity index (χ0n) is 11.5. The fraction of sp³-hybridized carbons (Fsp3) is 0.600. The Balaban J connectivity index is 2.22. The van der Waals surface area contributed by atoms with Crippen LogP contribution in [0.2, 0.25) is 5.02 Å². The number of hydrogen-bond donors (Lipinski definition) is 1. The second kappa shape index (κ2) is 5.94. The maximum Gasteiger partial charge on any atom is 0.0429 e. The van der Waals surface area contributed by atoms with Crippen LogP contribution >= 0.6 is 11.6 Å². The van der Waals surface area contributed by atoms with E-state index in [-0.39, 0.29) is 0 Å². The molecule has 100 valence electrons. The lowest BCUT2D eigenvalue weighted by atomic mass is 10.1. The van der Waals surface area contributed by atoms with Crippen molar-refractivity contribution < 1.29 is 0 Å². The summed E-state index contributed by atoms with van der Waals surface area (Å²) in [6.07, 6.45) is 2.56. The van der Waals surface area contributed by atoms with Crippen molar-refractivity contribution in [1.82, 2.24) is 5.32 Å². The summed E-state index contributed by atoms with van der Waals surface area (Å²) in [7, 11) is 0. The molecule has 1 aliphatic rings. The second-order valence-electron chi connectivity index (χ2n) is 5.49. The molecule has 1 unspecified atom stereocenters. The topological polar surface area (TPSA) is 15.3 Å². The van der Waals surface area contributed by atoms with E-state index in [1.807, 2.05) is 6.07 Å². The molecule has 0 saturated carbocycles. The Bertz CT molecular complexity index is 403. The van der Waals surface area contributed by atoms with Gasteiger partial charge in [0.1, 0.15) is 0 Å². The summed E-state index contributed by atoms with van der Waals surface area (Å²) < 4.78 is 0. The van der Waals surface area contributed by atoms with Gasteiger partial charge in [0.15, 0.2) is 0 Å². The van der Waals surface area contributed by atoms with E-state index in [4.69, 9.17) is 11.6 Å². The van der Waals surface area contributed by atoms with Gasteiger partial charge in [-0.05, 0) is 37.5 Å². The molecule has 18 heavy (non-hydrogen) atoms. The van der Waals surface area contributed by atoms with E-state index in [9.17, 15) is 0 Å². The highest BCUT2D eigenvalue weighted by molar-refractivity contribution is 6.30. The first kappa shape index (κ1) is 13.7. The molecule has 0 spiro atoms. The minimum absolute atomic E-state index is 0.504. The third-order valence-corrected chi connectivity index (χ3v) is 3.85. The molecule has 1 aliphatic heterocycles. The number of halogens is 1. The van der Waals surface area contributed by atoms with Gasteiger partial charge in [0, 0.05) is 35.9 Å². The van der Waals surface area contributed by atoms with E-state index >= 15 is 0 Å². The van der Waals surface area contributed by atoms with Gasteiger partial charge in [-0.3, -0.25) is 0 Å². The summed E-state index contributed by atoms with van der Waals surface area (Å²) >= 11 is 6.16. The van der Waals surface area contributed by atoms with Crippen molar-refractivity contribution in [3.8, 4) is 0 Å². The average Bonchev–Trinajstić information content (AvgIpc) is 2.73. The largest absolute Gasteiger partial charge is 0.369 e. The van der Waals surface area contributed by atoms with Crippen molar-refractivity contribution >= 4 is 17.3 Å². The Labute approximate surface area is 115 Å². The third kappa shape index (κ3) is 3.18. The summed E-state index contributed by atoms with van der Waals surface area (Å²) in [5.74, 6) is 0. The smallest absolute Gasteiger partial charge is 0.0429 e. The molecule has 1 atom stereocenters. The highest BCUT2D eigenvalue weighted by Crippen LogP contribution is 2.31. The average molecular weight is 267 g/mol. The molecule has 0 radical (unpaired) electrons. The zero-order chi connectivity index (χ0) is 13.1. The van der Waals surface area contributed by atoms with Crippen LogP contribution < -0.4 is 10.2 Å². The second-order valence-corrected chi connectivity index (χ2v) is 5.93. The molecule has 1 fully saturated rings.